The van der Waals surface area contributed by atoms with Gasteiger partial charge in [-0.3, -0.25) is 5.32 Å². The average molecular weight is 237 g/mol. The second-order valence-electron chi connectivity index (χ2n) is 5.18. The lowest BCUT2D eigenvalue weighted by Gasteiger charge is -2.21. The molecule has 0 heterocycles. The van der Waals surface area contributed by atoms with Crippen molar-refractivity contribution in [3.8, 4) is 5.75 Å². The first-order valence-electron chi connectivity index (χ1n) is 5.98. The van der Waals surface area contributed by atoms with E-state index in [1.165, 1.54) is 11.1 Å². The Balaban J connectivity index is 2.90. The van der Waals surface area contributed by atoms with Gasteiger partial charge in [0.2, 0.25) is 0 Å². The van der Waals surface area contributed by atoms with Crippen LogP contribution in [0.3, 0.4) is 0 Å². The van der Waals surface area contributed by atoms with Crippen LogP contribution in [0, 0.1) is 0 Å². The molecule has 0 aliphatic carbocycles. The van der Waals surface area contributed by atoms with Gasteiger partial charge >= 0.3 is 0 Å². The van der Waals surface area contributed by atoms with Crippen LogP contribution in [0.4, 0.5) is 0 Å². The van der Waals surface area contributed by atoms with Gasteiger partial charge in [-0.2, -0.15) is 0 Å². The molecule has 0 fully saturated rings. The van der Waals surface area contributed by atoms with E-state index in [0.717, 1.165) is 18.7 Å². The van der Waals surface area contributed by atoms with Gasteiger partial charge in [0.05, 0.1) is 13.8 Å². The SMILES string of the molecule is COc1ccc(C(C)(C)C)cc1CCNCO. The lowest BCUT2D eigenvalue weighted by molar-refractivity contribution is 0.261. The largest absolute Gasteiger partial charge is 0.496 e. The monoisotopic (exact) mass is 237 g/mol. The van der Waals surface area contributed by atoms with E-state index < -0.39 is 0 Å². The van der Waals surface area contributed by atoms with Crippen LogP contribution in [0.5, 0.6) is 5.75 Å². The van der Waals surface area contributed by atoms with Crippen LogP contribution in [-0.4, -0.2) is 25.5 Å². The summed E-state index contributed by atoms with van der Waals surface area (Å²) in [5.41, 5.74) is 2.63. The van der Waals surface area contributed by atoms with E-state index in [9.17, 15) is 0 Å². The lowest BCUT2D eigenvalue weighted by Crippen LogP contribution is -2.18. The molecule has 1 rings (SSSR count). The molecular weight excluding hydrogens is 214 g/mol. The number of methoxy groups -OCH3 is 1. The van der Waals surface area contributed by atoms with Gasteiger partial charge in [0.1, 0.15) is 5.75 Å². The van der Waals surface area contributed by atoms with E-state index in [1.807, 2.05) is 6.07 Å². The van der Waals surface area contributed by atoms with Crippen molar-refractivity contribution >= 4 is 0 Å². The third-order valence-electron chi connectivity index (χ3n) is 2.83. The van der Waals surface area contributed by atoms with Crippen LogP contribution < -0.4 is 10.1 Å². The standard InChI is InChI=1S/C14H23NO2/c1-14(2,3)12-5-6-13(17-4)11(9-12)7-8-15-10-16/h5-6,9,15-16H,7-8,10H2,1-4H3. The molecule has 17 heavy (non-hydrogen) atoms. The molecule has 3 heteroatoms. The van der Waals surface area contributed by atoms with Crippen molar-refractivity contribution in [2.75, 3.05) is 20.4 Å². The normalized spacial score (nSPS) is 11.6. The van der Waals surface area contributed by atoms with E-state index in [4.69, 9.17) is 9.84 Å². The third kappa shape index (κ3) is 4.02. The lowest BCUT2D eigenvalue weighted by atomic mass is 9.85. The number of hydrogen-bond donors (Lipinski definition) is 2. The fourth-order valence-electron chi connectivity index (χ4n) is 1.74. The van der Waals surface area contributed by atoms with Crippen LogP contribution in [0.1, 0.15) is 31.9 Å². The minimum Gasteiger partial charge on any atom is -0.496 e. The summed E-state index contributed by atoms with van der Waals surface area (Å²) >= 11 is 0. The van der Waals surface area contributed by atoms with Crippen LogP contribution in [0.25, 0.3) is 0 Å². The highest BCUT2D eigenvalue weighted by atomic mass is 16.5. The van der Waals surface area contributed by atoms with Crippen LogP contribution in [0.2, 0.25) is 0 Å². The zero-order valence-electron chi connectivity index (χ0n) is 11.2. The number of rotatable bonds is 5. The van der Waals surface area contributed by atoms with Gasteiger partial charge in [0.15, 0.2) is 0 Å². The predicted octanol–water partition coefficient (Wildman–Crippen LogP) is 2.07. The quantitative estimate of drug-likeness (QED) is 0.608. The molecule has 0 aromatic heterocycles. The summed E-state index contributed by atoms with van der Waals surface area (Å²) in [6, 6.07) is 6.33. The van der Waals surface area contributed by atoms with Crippen molar-refractivity contribution in [3.05, 3.63) is 29.3 Å². The van der Waals surface area contributed by atoms with Crippen molar-refractivity contribution < 1.29 is 9.84 Å². The van der Waals surface area contributed by atoms with E-state index in [1.54, 1.807) is 7.11 Å². The number of nitrogens with one attached hydrogen (secondary N) is 1. The van der Waals surface area contributed by atoms with Crippen molar-refractivity contribution in [2.24, 2.45) is 0 Å². The number of aliphatic hydroxyl groups is 1. The number of ether oxygens (including phenoxy) is 1. The topological polar surface area (TPSA) is 41.5 Å². The second-order valence-corrected chi connectivity index (χ2v) is 5.18. The maximum absolute atomic E-state index is 8.71. The molecule has 2 N–H and O–H groups in total. The number of benzene rings is 1. The summed E-state index contributed by atoms with van der Waals surface area (Å²) in [6.45, 7) is 7.36. The smallest absolute Gasteiger partial charge is 0.122 e. The first kappa shape index (κ1) is 14.0. The zero-order valence-corrected chi connectivity index (χ0v) is 11.2. The van der Waals surface area contributed by atoms with Crippen molar-refractivity contribution in [3.63, 3.8) is 0 Å². The van der Waals surface area contributed by atoms with Crippen LogP contribution in [0.15, 0.2) is 18.2 Å². The predicted molar refractivity (Wildman–Crippen MR) is 70.5 cm³/mol. The maximum Gasteiger partial charge on any atom is 0.122 e. The van der Waals surface area contributed by atoms with Crippen LogP contribution in [-0.2, 0) is 11.8 Å². The average Bonchev–Trinajstić information content (AvgIpc) is 2.28. The molecule has 3 nitrogen and oxygen atoms in total. The Hall–Kier alpha value is -1.06. The van der Waals surface area contributed by atoms with Gasteiger partial charge in [0, 0.05) is 6.54 Å². The second kappa shape index (κ2) is 6.03. The summed E-state index contributed by atoms with van der Waals surface area (Å²) in [7, 11) is 1.69. The van der Waals surface area contributed by atoms with E-state index in [-0.39, 0.29) is 12.1 Å². The van der Waals surface area contributed by atoms with Crippen molar-refractivity contribution in [1.29, 1.82) is 0 Å². The van der Waals surface area contributed by atoms with E-state index in [0.29, 0.717) is 0 Å². The summed E-state index contributed by atoms with van der Waals surface area (Å²) < 4.78 is 5.35. The molecule has 0 amide bonds. The molecule has 1 aromatic carbocycles. The molecule has 0 radical (unpaired) electrons. The molecular formula is C14H23NO2. The number of aliphatic hydroxyl groups excluding tert-OH is 1. The molecule has 96 valence electrons. The van der Waals surface area contributed by atoms with Crippen LogP contribution >= 0.6 is 0 Å². The summed E-state index contributed by atoms with van der Waals surface area (Å²) in [6.07, 6.45) is 0.855. The Labute approximate surface area is 104 Å². The minimum atomic E-state index is 0.0152. The highest BCUT2D eigenvalue weighted by Crippen LogP contribution is 2.28. The summed E-state index contributed by atoms with van der Waals surface area (Å²) in [5.74, 6) is 0.915. The maximum atomic E-state index is 8.71. The Morgan fingerprint density at radius 2 is 2.00 bits per heavy atom. The van der Waals surface area contributed by atoms with Gasteiger partial charge in [-0.05, 0) is 29.0 Å². The Morgan fingerprint density at radius 3 is 2.53 bits per heavy atom. The molecule has 0 saturated heterocycles. The van der Waals surface area contributed by atoms with E-state index in [2.05, 4.69) is 38.2 Å². The fourth-order valence-corrected chi connectivity index (χ4v) is 1.74. The van der Waals surface area contributed by atoms with E-state index >= 15 is 0 Å². The first-order chi connectivity index (χ1) is 7.99. The molecule has 1 aromatic rings. The first-order valence-corrected chi connectivity index (χ1v) is 5.98. The van der Waals surface area contributed by atoms with Gasteiger partial charge in [-0.1, -0.05) is 32.9 Å². The Bertz CT molecular complexity index is 356. The molecule has 0 spiro atoms. The third-order valence-corrected chi connectivity index (χ3v) is 2.83. The highest BCUT2D eigenvalue weighted by Gasteiger charge is 2.15. The number of hydrogen-bond acceptors (Lipinski definition) is 3. The summed E-state index contributed by atoms with van der Waals surface area (Å²) in [5, 5.41) is 11.6. The molecule has 0 aliphatic rings. The Morgan fingerprint density at radius 1 is 1.29 bits per heavy atom. The van der Waals surface area contributed by atoms with Gasteiger partial charge < -0.3 is 9.84 Å². The molecule has 0 aliphatic heterocycles. The molecule has 0 unspecified atom stereocenters. The van der Waals surface area contributed by atoms with Gasteiger partial charge in [-0.15, -0.1) is 0 Å². The molecule has 0 saturated carbocycles. The van der Waals surface area contributed by atoms with Gasteiger partial charge in [0.25, 0.3) is 0 Å². The highest BCUT2D eigenvalue weighted by molar-refractivity contribution is 5.39. The van der Waals surface area contributed by atoms with Gasteiger partial charge in [-0.25, -0.2) is 0 Å². The zero-order chi connectivity index (χ0) is 12.9. The van der Waals surface area contributed by atoms with Crippen molar-refractivity contribution in [2.45, 2.75) is 32.6 Å². The summed E-state index contributed by atoms with van der Waals surface area (Å²) in [4.78, 5) is 0. The minimum absolute atomic E-state index is 0.0152. The molecule has 0 atom stereocenters. The fraction of sp³-hybridized carbons (Fsp3) is 0.571. The van der Waals surface area contributed by atoms with Crippen molar-refractivity contribution in [1.82, 2.24) is 5.32 Å². The Kier molecular flexibility index (Phi) is 4.97. The molecule has 0 bridgehead atoms.